The zero-order chi connectivity index (χ0) is 9.73. The van der Waals surface area contributed by atoms with Crippen molar-refractivity contribution in [2.75, 3.05) is 0 Å². The van der Waals surface area contributed by atoms with E-state index in [1.54, 1.807) is 0 Å². The van der Waals surface area contributed by atoms with E-state index in [1.165, 1.54) is 51.4 Å². The summed E-state index contributed by atoms with van der Waals surface area (Å²) in [6.45, 7) is 4.22. The molecular formula is C12H24O. The van der Waals surface area contributed by atoms with Gasteiger partial charge in [-0.25, -0.2) is 0 Å². The second-order valence-corrected chi connectivity index (χ2v) is 4.70. The van der Waals surface area contributed by atoms with Crippen molar-refractivity contribution >= 4 is 0 Å². The van der Waals surface area contributed by atoms with E-state index in [-0.39, 0.29) is 11.5 Å². The summed E-state index contributed by atoms with van der Waals surface area (Å²) < 4.78 is 0. The maximum atomic E-state index is 9.85. The molecule has 1 atom stereocenters. The fourth-order valence-electron chi connectivity index (χ4n) is 2.66. The molecule has 0 aromatic heterocycles. The van der Waals surface area contributed by atoms with E-state index in [4.69, 9.17) is 0 Å². The van der Waals surface area contributed by atoms with Crippen LogP contribution in [-0.4, -0.2) is 11.2 Å². The molecule has 0 aromatic carbocycles. The molecule has 0 amide bonds. The van der Waals surface area contributed by atoms with Gasteiger partial charge >= 0.3 is 0 Å². The second-order valence-electron chi connectivity index (χ2n) is 4.70. The van der Waals surface area contributed by atoms with Crippen LogP contribution in [0.25, 0.3) is 0 Å². The maximum Gasteiger partial charge on any atom is 0.0568 e. The van der Waals surface area contributed by atoms with Crippen LogP contribution in [0.2, 0.25) is 0 Å². The topological polar surface area (TPSA) is 20.2 Å². The van der Waals surface area contributed by atoms with Crippen molar-refractivity contribution in [2.24, 2.45) is 5.41 Å². The zero-order valence-corrected chi connectivity index (χ0v) is 9.18. The predicted molar refractivity (Wildman–Crippen MR) is 56.7 cm³/mol. The Kier molecular flexibility index (Phi) is 4.24. The number of aliphatic hydroxyl groups is 1. The summed E-state index contributed by atoms with van der Waals surface area (Å²) in [5.41, 5.74) is 0.286. The van der Waals surface area contributed by atoms with Crippen molar-refractivity contribution in [1.82, 2.24) is 0 Å². The van der Waals surface area contributed by atoms with Crippen LogP contribution in [0.5, 0.6) is 0 Å². The molecule has 1 aliphatic rings. The summed E-state index contributed by atoms with van der Waals surface area (Å²) >= 11 is 0. The van der Waals surface area contributed by atoms with Crippen LogP contribution >= 0.6 is 0 Å². The lowest BCUT2D eigenvalue weighted by Crippen LogP contribution is -2.35. The first-order valence-electron chi connectivity index (χ1n) is 5.89. The predicted octanol–water partition coefficient (Wildman–Crippen LogP) is 3.51. The van der Waals surface area contributed by atoms with Crippen LogP contribution < -0.4 is 0 Å². The number of aliphatic hydroxyl groups excluding tert-OH is 1. The summed E-state index contributed by atoms with van der Waals surface area (Å²) in [4.78, 5) is 0. The average Bonchev–Trinajstić information content (AvgIpc) is 2.16. The van der Waals surface area contributed by atoms with Crippen LogP contribution in [0.1, 0.15) is 65.2 Å². The Bertz CT molecular complexity index is 134. The number of unbranched alkanes of at least 4 members (excludes halogenated alkanes) is 1. The normalized spacial score (nSPS) is 24.2. The quantitative estimate of drug-likeness (QED) is 0.709. The molecule has 1 fully saturated rings. The minimum absolute atomic E-state index is 0.0978. The van der Waals surface area contributed by atoms with Crippen LogP contribution in [-0.2, 0) is 0 Å². The molecule has 78 valence electrons. The minimum atomic E-state index is -0.0978. The summed E-state index contributed by atoms with van der Waals surface area (Å²) in [6.07, 6.45) is 10.2. The molecule has 0 heterocycles. The number of hydrogen-bond acceptors (Lipinski definition) is 1. The SMILES string of the molecule is CCCCC1(C(C)O)CCCCC1. The number of rotatable bonds is 4. The highest BCUT2D eigenvalue weighted by atomic mass is 16.3. The van der Waals surface area contributed by atoms with Crippen LogP contribution in [0.4, 0.5) is 0 Å². The molecule has 0 radical (unpaired) electrons. The highest BCUT2D eigenvalue weighted by molar-refractivity contribution is 4.86. The van der Waals surface area contributed by atoms with Gasteiger partial charge in [0.2, 0.25) is 0 Å². The summed E-state index contributed by atoms with van der Waals surface area (Å²) in [5, 5.41) is 9.85. The van der Waals surface area contributed by atoms with Gasteiger partial charge in [0.15, 0.2) is 0 Å². The molecule has 1 saturated carbocycles. The molecule has 0 aliphatic heterocycles. The fraction of sp³-hybridized carbons (Fsp3) is 1.00. The van der Waals surface area contributed by atoms with Gasteiger partial charge < -0.3 is 5.11 Å². The first-order chi connectivity index (χ1) is 6.21. The van der Waals surface area contributed by atoms with Gasteiger partial charge in [0, 0.05) is 0 Å². The molecule has 1 heteroatoms. The maximum absolute atomic E-state index is 9.85. The van der Waals surface area contributed by atoms with E-state index in [0.717, 1.165) is 0 Å². The smallest absolute Gasteiger partial charge is 0.0568 e. The molecule has 1 nitrogen and oxygen atoms in total. The summed E-state index contributed by atoms with van der Waals surface area (Å²) in [5.74, 6) is 0. The Labute approximate surface area is 82.5 Å². The lowest BCUT2D eigenvalue weighted by atomic mass is 9.68. The van der Waals surface area contributed by atoms with E-state index in [0.29, 0.717) is 0 Å². The van der Waals surface area contributed by atoms with Crippen LogP contribution in [0, 0.1) is 5.41 Å². The first-order valence-corrected chi connectivity index (χ1v) is 5.89. The van der Waals surface area contributed by atoms with Crippen LogP contribution in [0.3, 0.4) is 0 Å². The molecule has 0 spiro atoms. The summed E-state index contributed by atoms with van der Waals surface area (Å²) in [7, 11) is 0. The highest BCUT2D eigenvalue weighted by Crippen LogP contribution is 2.43. The molecular weight excluding hydrogens is 160 g/mol. The van der Waals surface area contributed by atoms with Gasteiger partial charge in [-0.2, -0.15) is 0 Å². The fourth-order valence-corrected chi connectivity index (χ4v) is 2.66. The summed E-state index contributed by atoms with van der Waals surface area (Å²) in [6, 6.07) is 0. The van der Waals surface area contributed by atoms with E-state index in [2.05, 4.69) is 6.92 Å². The molecule has 1 unspecified atom stereocenters. The van der Waals surface area contributed by atoms with Crippen molar-refractivity contribution in [3.8, 4) is 0 Å². The Morgan fingerprint density at radius 1 is 1.23 bits per heavy atom. The van der Waals surface area contributed by atoms with Crippen molar-refractivity contribution in [1.29, 1.82) is 0 Å². The molecule has 1 rings (SSSR count). The highest BCUT2D eigenvalue weighted by Gasteiger charge is 2.35. The molecule has 0 saturated heterocycles. The van der Waals surface area contributed by atoms with Crippen molar-refractivity contribution in [3.05, 3.63) is 0 Å². The lowest BCUT2D eigenvalue weighted by Gasteiger charge is -2.40. The lowest BCUT2D eigenvalue weighted by molar-refractivity contribution is 0.000396. The van der Waals surface area contributed by atoms with Gasteiger partial charge in [-0.1, -0.05) is 39.0 Å². The standard InChI is InChI=1S/C12H24O/c1-3-4-8-12(11(2)13)9-6-5-7-10-12/h11,13H,3-10H2,1-2H3. The Morgan fingerprint density at radius 3 is 2.31 bits per heavy atom. The molecule has 0 bridgehead atoms. The van der Waals surface area contributed by atoms with Gasteiger partial charge in [0.25, 0.3) is 0 Å². The van der Waals surface area contributed by atoms with Gasteiger partial charge in [0.1, 0.15) is 0 Å². The molecule has 0 aromatic rings. The van der Waals surface area contributed by atoms with Gasteiger partial charge in [0.05, 0.1) is 6.10 Å². The Balaban J connectivity index is 2.51. The molecule has 1 N–H and O–H groups in total. The third kappa shape index (κ3) is 2.70. The molecule has 13 heavy (non-hydrogen) atoms. The van der Waals surface area contributed by atoms with Crippen molar-refractivity contribution < 1.29 is 5.11 Å². The van der Waals surface area contributed by atoms with E-state index >= 15 is 0 Å². The Hall–Kier alpha value is -0.0400. The number of hydrogen-bond donors (Lipinski definition) is 1. The van der Waals surface area contributed by atoms with Crippen LogP contribution in [0.15, 0.2) is 0 Å². The zero-order valence-electron chi connectivity index (χ0n) is 9.18. The van der Waals surface area contributed by atoms with Gasteiger partial charge in [-0.15, -0.1) is 0 Å². The van der Waals surface area contributed by atoms with Gasteiger partial charge in [-0.3, -0.25) is 0 Å². The monoisotopic (exact) mass is 184 g/mol. The van der Waals surface area contributed by atoms with Gasteiger partial charge in [-0.05, 0) is 31.6 Å². The van der Waals surface area contributed by atoms with E-state index in [1.807, 2.05) is 6.92 Å². The third-order valence-electron chi connectivity index (χ3n) is 3.76. The van der Waals surface area contributed by atoms with E-state index < -0.39 is 0 Å². The van der Waals surface area contributed by atoms with E-state index in [9.17, 15) is 5.11 Å². The average molecular weight is 184 g/mol. The van der Waals surface area contributed by atoms with Crippen molar-refractivity contribution in [3.63, 3.8) is 0 Å². The van der Waals surface area contributed by atoms with Crippen molar-refractivity contribution in [2.45, 2.75) is 71.3 Å². The third-order valence-corrected chi connectivity index (χ3v) is 3.76. The minimum Gasteiger partial charge on any atom is -0.393 e. The molecule has 1 aliphatic carbocycles. The second kappa shape index (κ2) is 4.99. The Morgan fingerprint density at radius 2 is 1.85 bits per heavy atom. The first kappa shape index (κ1) is 11.0. The largest absolute Gasteiger partial charge is 0.393 e.